The number of ketones is 2. The van der Waals surface area contributed by atoms with Gasteiger partial charge in [-0.15, -0.1) is 0 Å². The summed E-state index contributed by atoms with van der Waals surface area (Å²) in [7, 11) is 0. The summed E-state index contributed by atoms with van der Waals surface area (Å²) in [5.74, 6) is -0.715. The van der Waals surface area contributed by atoms with Crippen molar-refractivity contribution in [1.82, 2.24) is 10.2 Å². The van der Waals surface area contributed by atoms with Gasteiger partial charge in [-0.3, -0.25) is 14.5 Å². The van der Waals surface area contributed by atoms with Crippen molar-refractivity contribution in [1.29, 1.82) is 0 Å². The van der Waals surface area contributed by atoms with E-state index in [2.05, 4.69) is 38.3 Å². The highest BCUT2D eigenvalue weighted by molar-refractivity contribution is 9.10. The van der Waals surface area contributed by atoms with Gasteiger partial charge in [0.25, 0.3) is 0 Å². The minimum absolute atomic E-state index is 0.0139. The van der Waals surface area contributed by atoms with Gasteiger partial charge in [0.1, 0.15) is 5.82 Å². The molecule has 4 nitrogen and oxygen atoms in total. The number of nitrogens with one attached hydrogen (secondary N) is 1. The maximum atomic E-state index is 13.9. The normalized spacial score (nSPS) is 21.7. The van der Waals surface area contributed by atoms with Crippen molar-refractivity contribution in [2.24, 2.45) is 0 Å². The molecular weight excluding hydrogens is 459 g/mol. The molecule has 0 aromatic heterocycles. The van der Waals surface area contributed by atoms with E-state index in [0.717, 1.165) is 35.4 Å². The van der Waals surface area contributed by atoms with Crippen molar-refractivity contribution < 1.29 is 14.0 Å². The Hall–Kier alpha value is -2.57. The number of hydrogen-bond acceptors (Lipinski definition) is 4. The van der Waals surface area contributed by atoms with Gasteiger partial charge in [-0.05, 0) is 52.0 Å². The molecule has 2 aromatic rings. The molecule has 3 aliphatic rings. The van der Waals surface area contributed by atoms with Gasteiger partial charge in [-0.1, -0.05) is 36.4 Å². The molecule has 1 N–H and O–H groups in total. The first-order chi connectivity index (χ1) is 15.0. The van der Waals surface area contributed by atoms with Crippen LogP contribution in [0.3, 0.4) is 0 Å². The second kappa shape index (κ2) is 8.17. The summed E-state index contributed by atoms with van der Waals surface area (Å²) in [5, 5.41) is 3.45. The van der Waals surface area contributed by atoms with Gasteiger partial charge in [0.2, 0.25) is 0 Å². The third kappa shape index (κ3) is 3.79. The van der Waals surface area contributed by atoms with Crippen LogP contribution in [-0.2, 0) is 16.1 Å². The molecule has 5 rings (SSSR count). The van der Waals surface area contributed by atoms with Crippen LogP contribution in [0.1, 0.15) is 36.3 Å². The third-order valence-corrected chi connectivity index (χ3v) is 6.84. The third-order valence-electron chi connectivity index (χ3n) is 6.24. The van der Waals surface area contributed by atoms with E-state index < -0.39 is 5.92 Å². The summed E-state index contributed by atoms with van der Waals surface area (Å²) < 4.78 is 14.3. The molecule has 2 aromatic carbocycles. The number of benzene rings is 2. The van der Waals surface area contributed by atoms with Crippen molar-refractivity contribution in [3.05, 3.63) is 92.5 Å². The molecule has 0 saturated heterocycles. The highest BCUT2D eigenvalue weighted by atomic mass is 79.9. The van der Waals surface area contributed by atoms with Crippen molar-refractivity contribution >= 4 is 27.5 Å². The number of carbonyl (C=O) groups is 2. The lowest BCUT2D eigenvalue weighted by atomic mass is 9.73. The lowest BCUT2D eigenvalue weighted by Crippen LogP contribution is -2.45. The van der Waals surface area contributed by atoms with Gasteiger partial charge in [0.15, 0.2) is 11.6 Å². The molecule has 6 heteroatoms. The Labute approximate surface area is 189 Å². The number of nitrogens with zero attached hydrogens (tertiary/aromatic N) is 1. The van der Waals surface area contributed by atoms with E-state index in [1.165, 1.54) is 6.07 Å². The van der Waals surface area contributed by atoms with E-state index in [9.17, 15) is 14.0 Å². The Morgan fingerprint density at radius 1 is 0.968 bits per heavy atom. The van der Waals surface area contributed by atoms with Gasteiger partial charge in [0.05, 0.1) is 11.0 Å². The number of carbonyl (C=O) groups excluding carboxylic acids is 2. The van der Waals surface area contributed by atoms with Crippen LogP contribution in [0.2, 0.25) is 0 Å². The summed E-state index contributed by atoms with van der Waals surface area (Å²) in [6.07, 6.45) is 2.06. The molecule has 1 aliphatic carbocycles. The largest absolute Gasteiger partial charge is 0.360 e. The number of allylic oxidation sites excluding steroid dienone is 2. The zero-order valence-electron chi connectivity index (χ0n) is 17.0. The monoisotopic (exact) mass is 480 g/mol. The minimum atomic E-state index is -0.442. The minimum Gasteiger partial charge on any atom is -0.360 e. The topological polar surface area (TPSA) is 49.4 Å². The molecule has 2 heterocycles. The lowest BCUT2D eigenvalue weighted by molar-refractivity contribution is -0.118. The molecular formula is C25H22BrFN2O2. The number of dihydropyridines is 1. The predicted octanol–water partition coefficient (Wildman–Crippen LogP) is 4.62. The van der Waals surface area contributed by atoms with E-state index in [-0.39, 0.29) is 17.4 Å². The van der Waals surface area contributed by atoms with Gasteiger partial charge in [-0.2, -0.15) is 0 Å². The molecule has 0 saturated carbocycles. The van der Waals surface area contributed by atoms with Gasteiger partial charge >= 0.3 is 0 Å². The average Bonchev–Trinajstić information content (AvgIpc) is 2.75. The Morgan fingerprint density at radius 2 is 1.74 bits per heavy atom. The fourth-order valence-corrected chi connectivity index (χ4v) is 5.29. The molecule has 1 atom stereocenters. The Kier molecular flexibility index (Phi) is 5.36. The SMILES string of the molecule is O=C1CCCC2=C1C(c1ccc(F)c(Br)c1)C1=C(CN(Cc3ccccc3)CC1=O)N2. The van der Waals surface area contributed by atoms with Crippen LogP contribution in [0.5, 0.6) is 0 Å². The van der Waals surface area contributed by atoms with E-state index in [0.29, 0.717) is 41.7 Å². The smallest absolute Gasteiger partial charge is 0.175 e. The standard InChI is InChI=1S/C25H22BrFN2O2/c26-17-11-16(9-10-18(17)27)23-24-19(7-4-8-21(24)30)28-20-13-29(14-22(31)25(20)23)12-15-5-2-1-3-6-15/h1-3,5-6,9-11,23,28H,4,7-8,12-14H2. The average molecular weight is 481 g/mol. The van der Waals surface area contributed by atoms with Crippen LogP contribution < -0.4 is 5.32 Å². The van der Waals surface area contributed by atoms with Crippen LogP contribution in [0.25, 0.3) is 0 Å². The summed E-state index contributed by atoms with van der Waals surface area (Å²) >= 11 is 3.26. The van der Waals surface area contributed by atoms with Gasteiger partial charge in [0, 0.05) is 48.0 Å². The molecule has 0 fully saturated rings. The molecule has 0 bridgehead atoms. The van der Waals surface area contributed by atoms with Crippen LogP contribution in [-0.4, -0.2) is 29.6 Å². The molecule has 158 valence electrons. The van der Waals surface area contributed by atoms with Crippen LogP contribution in [0.15, 0.2) is 75.5 Å². The second-order valence-electron chi connectivity index (χ2n) is 8.35. The van der Waals surface area contributed by atoms with E-state index in [4.69, 9.17) is 0 Å². The zero-order valence-corrected chi connectivity index (χ0v) is 18.5. The van der Waals surface area contributed by atoms with Crippen molar-refractivity contribution in [3.8, 4) is 0 Å². The van der Waals surface area contributed by atoms with Crippen LogP contribution in [0.4, 0.5) is 4.39 Å². The summed E-state index contributed by atoms with van der Waals surface area (Å²) in [6.45, 7) is 1.59. The molecule has 2 aliphatic heterocycles. The first-order valence-electron chi connectivity index (χ1n) is 10.5. The zero-order chi connectivity index (χ0) is 21.5. The quantitative estimate of drug-likeness (QED) is 0.695. The van der Waals surface area contributed by atoms with E-state index >= 15 is 0 Å². The predicted molar refractivity (Wildman–Crippen MR) is 120 cm³/mol. The number of Topliss-reactive ketones (excluding diaryl/α,β-unsaturated/α-hetero) is 2. The van der Waals surface area contributed by atoms with Crippen LogP contribution >= 0.6 is 15.9 Å². The number of hydrogen-bond donors (Lipinski definition) is 1. The fraction of sp³-hybridized carbons (Fsp3) is 0.280. The van der Waals surface area contributed by atoms with E-state index in [1.807, 2.05) is 18.2 Å². The molecule has 0 spiro atoms. The molecule has 0 amide bonds. The molecule has 31 heavy (non-hydrogen) atoms. The van der Waals surface area contributed by atoms with Gasteiger partial charge in [-0.25, -0.2) is 4.39 Å². The Morgan fingerprint density at radius 3 is 2.52 bits per heavy atom. The number of rotatable bonds is 3. The summed E-state index contributed by atoms with van der Waals surface area (Å²) in [6, 6.07) is 14.9. The fourth-order valence-electron chi connectivity index (χ4n) is 4.90. The Bertz CT molecular complexity index is 1140. The first-order valence-corrected chi connectivity index (χ1v) is 11.3. The molecule has 1 unspecified atom stereocenters. The van der Waals surface area contributed by atoms with Crippen molar-refractivity contribution in [2.45, 2.75) is 31.7 Å². The number of halogens is 2. The highest BCUT2D eigenvalue weighted by Crippen LogP contribution is 2.44. The van der Waals surface area contributed by atoms with Gasteiger partial charge < -0.3 is 5.32 Å². The summed E-state index contributed by atoms with van der Waals surface area (Å²) in [5.41, 5.74) is 5.03. The first kappa shape index (κ1) is 20.3. The molecule has 0 radical (unpaired) electrons. The highest BCUT2D eigenvalue weighted by Gasteiger charge is 2.41. The maximum Gasteiger partial charge on any atom is 0.175 e. The maximum absolute atomic E-state index is 13.9. The summed E-state index contributed by atoms with van der Waals surface area (Å²) in [4.78, 5) is 28.4. The second-order valence-corrected chi connectivity index (χ2v) is 9.20. The van der Waals surface area contributed by atoms with Crippen LogP contribution in [0, 0.1) is 5.82 Å². The van der Waals surface area contributed by atoms with E-state index in [1.54, 1.807) is 12.1 Å². The van der Waals surface area contributed by atoms with Crippen molar-refractivity contribution in [3.63, 3.8) is 0 Å². The lowest BCUT2D eigenvalue weighted by Gasteiger charge is -2.40. The van der Waals surface area contributed by atoms with Crippen molar-refractivity contribution in [2.75, 3.05) is 13.1 Å². The Balaban J connectivity index is 1.56.